The molecule has 0 radical (unpaired) electrons. The van der Waals surface area contributed by atoms with Crippen LogP contribution in [0.2, 0.25) is 0 Å². The average molecular weight is 449 g/mol. The molecule has 1 saturated heterocycles. The second kappa shape index (κ2) is 9.55. The van der Waals surface area contributed by atoms with Crippen molar-refractivity contribution in [3.05, 3.63) is 40.4 Å². The van der Waals surface area contributed by atoms with Crippen molar-refractivity contribution in [1.29, 1.82) is 5.26 Å². The van der Waals surface area contributed by atoms with Crippen LogP contribution in [0.4, 0.5) is 10.8 Å². The Kier molecular flexibility index (Phi) is 7.07. The first-order valence-corrected chi connectivity index (χ1v) is 12.4. The third-order valence-electron chi connectivity index (χ3n) is 4.77. The number of sulfonamides is 1. The minimum atomic E-state index is -3.68. The van der Waals surface area contributed by atoms with E-state index in [1.165, 1.54) is 11.3 Å². The molecule has 1 fully saturated rings. The van der Waals surface area contributed by atoms with Gasteiger partial charge in [0.25, 0.3) is 5.91 Å². The van der Waals surface area contributed by atoms with E-state index in [-0.39, 0.29) is 11.8 Å². The number of carbonyl (C=O) groups excluding carboxylic acids is 1. The van der Waals surface area contributed by atoms with Gasteiger partial charge in [-0.3, -0.25) is 4.79 Å². The molecule has 2 aromatic rings. The number of hydrogen-bond acceptors (Lipinski definition) is 8. The Morgan fingerprint density at radius 2 is 2.10 bits per heavy atom. The second-order valence-electron chi connectivity index (χ2n) is 7.19. The first-order valence-electron chi connectivity index (χ1n) is 9.65. The molecule has 1 aromatic heterocycles. The van der Waals surface area contributed by atoms with Crippen molar-refractivity contribution in [1.82, 2.24) is 9.71 Å². The summed E-state index contributed by atoms with van der Waals surface area (Å²) in [5, 5.41) is 9.66. The van der Waals surface area contributed by atoms with Crippen LogP contribution in [0.15, 0.2) is 24.3 Å². The monoisotopic (exact) mass is 448 g/mol. The van der Waals surface area contributed by atoms with Crippen molar-refractivity contribution in [2.24, 2.45) is 0 Å². The van der Waals surface area contributed by atoms with Crippen molar-refractivity contribution < 1.29 is 17.9 Å². The highest BCUT2D eigenvalue weighted by Gasteiger charge is 2.23. The van der Waals surface area contributed by atoms with Crippen LogP contribution in [-0.2, 0) is 14.8 Å². The molecule has 3 rings (SSSR count). The lowest BCUT2D eigenvalue weighted by molar-refractivity contribution is 0.0128. The van der Waals surface area contributed by atoms with Crippen molar-refractivity contribution in [2.45, 2.75) is 38.7 Å². The molecule has 1 N–H and O–H groups in total. The number of benzene rings is 1. The minimum Gasteiger partial charge on any atom is -0.378 e. The predicted molar refractivity (Wildman–Crippen MR) is 116 cm³/mol. The van der Waals surface area contributed by atoms with Crippen molar-refractivity contribution in [2.75, 3.05) is 24.3 Å². The third kappa shape index (κ3) is 5.78. The number of aryl methyl sites for hydroxylation is 1. The highest BCUT2D eigenvalue weighted by molar-refractivity contribution is 7.89. The van der Waals surface area contributed by atoms with E-state index in [1.54, 1.807) is 19.1 Å². The van der Waals surface area contributed by atoms with Crippen LogP contribution in [0.3, 0.4) is 0 Å². The van der Waals surface area contributed by atoms with Crippen LogP contribution in [0.5, 0.6) is 0 Å². The summed E-state index contributed by atoms with van der Waals surface area (Å²) < 4.78 is 30.6. The summed E-state index contributed by atoms with van der Waals surface area (Å²) in [6, 6.07) is 9.25. The molecule has 1 aliphatic heterocycles. The van der Waals surface area contributed by atoms with Crippen LogP contribution in [-0.4, -0.2) is 44.8 Å². The molecule has 0 spiro atoms. The molecular formula is C20H24N4O4S2. The minimum absolute atomic E-state index is 0.0907. The fraction of sp³-hybridized carbons (Fsp3) is 0.450. The average Bonchev–Trinajstić information content (AvgIpc) is 3.10. The normalized spacial score (nSPS) is 16.6. The summed E-state index contributed by atoms with van der Waals surface area (Å²) in [6.07, 6.45) is 5.15. The van der Waals surface area contributed by atoms with Gasteiger partial charge in [0.15, 0.2) is 5.13 Å². The van der Waals surface area contributed by atoms with Gasteiger partial charge in [-0.25, -0.2) is 18.1 Å². The number of nitriles is 1. The third-order valence-corrected chi connectivity index (χ3v) is 6.32. The summed E-state index contributed by atoms with van der Waals surface area (Å²) in [7, 11) is -3.68. The van der Waals surface area contributed by atoms with Gasteiger partial charge in [-0.2, -0.15) is 5.26 Å². The van der Waals surface area contributed by atoms with E-state index in [2.05, 4.69) is 11.1 Å². The Hall–Kier alpha value is -2.48. The van der Waals surface area contributed by atoms with Gasteiger partial charge < -0.3 is 9.64 Å². The molecule has 1 amide bonds. The van der Waals surface area contributed by atoms with Gasteiger partial charge in [0.1, 0.15) is 5.69 Å². The van der Waals surface area contributed by atoms with E-state index >= 15 is 0 Å². The maximum Gasteiger partial charge on any atom is 0.284 e. The van der Waals surface area contributed by atoms with Crippen molar-refractivity contribution in [3.63, 3.8) is 0 Å². The van der Waals surface area contributed by atoms with E-state index in [0.717, 1.165) is 44.2 Å². The van der Waals surface area contributed by atoms with Crippen LogP contribution < -0.4 is 9.62 Å². The second-order valence-corrected chi connectivity index (χ2v) is 10.1. The van der Waals surface area contributed by atoms with E-state index in [4.69, 9.17) is 10.00 Å². The molecule has 2 heterocycles. The number of anilines is 2. The van der Waals surface area contributed by atoms with Crippen LogP contribution in [0.25, 0.3) is 0 Å². The molecule has 30 heavy (non-hydrogen) atoms. The van der Waals surface area contributed by atoms with Gasteiger partial charge in [0.2, 0.25) is 10.0 Å². The Bertz CT molecular complexity index is 1040. The summed E-state index contributed by atoms with van der Waals surface area (Å²) in [6.45, 7) is 3.13. The lowest BCUT2D eigenvalue weighted by Gasteiger charge is -2.27. The first-order chi connectivity index (χ1) is 14.3. The molecular weight excluding hydrogens is 424 g/mol. The number of rotatable bonds is 7. The van der Waals surface area contributed by atoms with E-state index < -0.39 is 15.9 Å². The standard InChI is InChI=1S/C20H24N4O4S2/c1-14-18(19(25)23-30(2,26)27)22-20(29-14)24(11-10-17-5-3-4-12-28-17)16-8-6-15(13-21)7-9-16/h6-9,17H,3-5,10-12H2,1-2H3,(H,23,25). The Morgan fingerprint density at radius 1 is 1.37 bits per heavy atom. The number of aromatic nitrogens is 1. The van der Waals surface area contributed by atoms with Gasteiger partial charge in [-0.1, -0.05) is 0 Å². The number of thiazole rings is 1. The molecule has 8 nitrogen and oxygen atoms in total. The molecule has 1 unspecified atom stereocenters. The highest BCUT2D eigenvalue weighted by atomic mass is 32.2. The number of nitrogens with zero attached hydrogens (tertiary/aromatic N) is 3. The fourth-order valence-corrected chi connectivity index (χ4v) is 4.67. The number of amides is 1. The van der Waals surface area contributed by atoms with E-state index in [9.17, 15) is 13.2 Å². The SMILES string of the molecule is Cc1sc(N(CCC2CCCCO2)c2ccc(C#N)cc2)nc1C(=O)NS(C)(=O)=O. The maximum absolute atomic E-state index is 12.3. The number of hydrogen-bond donors (Lipinski definition) is 1. The van der Waals surface area contributed by atoms with Gasteiger partial charge in [-0.05, 0) is 56.9 Å². The number of ether oxygens (including phenoxy) is 1. The van der Waals surface area contributed by atoms with Gasteiger partial charge >= 0.3 is 0 Å². The summed E-state index contributed by atoms with van der Waals surface area (Å²) >= 11 is 1.32. The maximum atomic E-state index is 12.3. The lowest BCUT2D eigenvalue weighted by Crippen LogP contribution is -2.30. The zero-order chi connectivity index (χ0) is 21.7. The quantitative estimate of drug-likeness (QED) is 0.692. The van der Waals surface area contributed by atoms with Gasteiger partial charge in [-0.15, -0.1) is 11.3 Å². The van der Waals surface area contributed by atoms with Crippen LogP contribution in [0.1, 0.15) is 46.6 Å². The van der Waals surface area contributed by atoms with Crippen molar-refractivity contribution in [3.8, 4) is 6.07 Å². The fourth-order valence-electron chi connectivity index (χ4n) is 3.28. The van der Waals surface area contributed by atoms with Gasteiger partial charge in [0, 0.05) is 23.7 Å². The zero-order valence-electron chi connectivity index (χ0n) is 16.9. The first kappa shape index (κ1) is 22.2. The van der Waals surface area contributed by atoms with E-state index in [0.29, 0.717) is 22.1 Å². The smallest absolute Gasteiger partial charge is 0.284 e. The Balaban J connectivity index is 1.87. The van der Waals surface area contributed by atoms with Crippen molar-refractivity contribution >= 4 is 38.1 Å². The molecule has 1 atom stereocenters. The van der Waals surface area contributed by atoms with Gasteiger partial charge in [0.05, 0.1) is 24.0 Å². The van der Waals surface area contributed by atoms with E-state index in [1.807, 2.05) is 21.8 Å². The molecule has 160 valence electrons. The molecule has 0 bridgehead atoms. The molecule has 0 saturated carbocycles. The Labute approximate surface area is 180 Å². The van der Waals surface area contributed by atoms with Crippen LogP contribution in [0, 0.1) is 18.3 Å². The molecule has 0 aliphatic carbocycles. The topological polar surface area (TPSA) is 112 Å². The lowest BCUT2D eigenvalue weighted by atomic mass is 10.1. The highest BCUT2D eigenvalue weighted by Crippen LogP contribution is 2.32. The zero-order valence-corrected chi connectivity index (χ0v) is 18.6. The molecule has 10 heteroatoms. The predicted octanol–water partition coefficient (Wildman–Crippen LogP) is 3.11. The summed E-state index contributed by atoms with van der Waals surface area (Å²) in [5.41, 5.74) is 1.49. The molecule has 1 aromatic carbocycles. The largest absolute Gasteiger partial charge is 0.378 e. The number of carbonyl (C=O) groups is 1. The summed E-state index contributed by atoms with van der Waals surface area (Å²) in [4.78, 5) is 19.4. The summed E-state index contributed by atoms with van der Waals surface area (Å²) in [5.74, 6) is -0.743. The Morgan fingerprint density at radius 3 is 2.70 bits per heavy atom. The molecule has 1 aliphatic rings. The van der Waals surface area contributed by atoms with Crippen LogP contribution >= 0.6 is 11.3 Å². The number of nitrogens with one attached hydrogen (secondary N) is 1.